The van der Waals surface area contributed by atoms with Gasteiger partial charge in [-0.1, -0.05) is 30.5 Å². The van der Waals surface area contributed by atoms with E-state index in [2.05, 4.69) is 10.6 Å². The van der Waals surface area contributed by atoms with Crippen LogP contribution >= 0.6 is 11.6 Å². The third-order valence-electron chi connectivity index (χ3n) is 5.06. The highest BCUT2D eigenvalue weighted by Gasteiger charge is 2.52. The van der Waals surface area contributed by atoms with Crippen LogP contribution in [0.2, 0.25) is 5.02 Å². The maximum Gasteiger partial charge on any atom is 0.325 e. The molecule has 0 atom stereocenters. The number of imide groups is 1. The average Bonchev–Trinajstić information content (AvgIpc) is 3.21. The maximum absolute atomic E-state index is 12.5. The van der Waals surface area contributed by atoms with Crippen LogP contribution in [0.1, 0.15) is 37.7 Å². The largest absolute Gasteiger partial charge is 0.456 e. The first-order chi connectivity index (χ1) is 13.3. The van der Waals surface area contributed by atoms with Crippen molar-refractivity contribution in [1.29, 1.82) is 0 Å². The fourth-order valence-electron chi connectivity index (χ4n) is 3.49. The summed E-state index contributed by atoms with van der Waals surface area (Å²) in [5.74, 6) is -1.45. The van der Waals surface area contributed by atoms with Crippen LogP contribution in [-0.2, 0) is 19.1 Å². The van der Waals surface area contributed by atoms with Gasteiger partial charge in [0.1, 0.15) is 5.54 Å². The number of hydrogen-bond donors (Lipinski definition) is 2. The molecule has 4 amide bonds. The highest BCUT2D eigenvalue weighted by Crippen LogP contribution is 2.35. The van der Waals surface area contributed by atoms with E-state index in [1.807, 2.05) is 6.92 Å². The molecule has 0 bridgehead atoms. The Morgan fingerprint density at radius 3 is 2.68 bits per heavy atom. The molecule has 1 saturated carbocycles. The molecule has 2 aliphatic rings. The van der Waals surface area contributed by atoms with Crippen molar-refractivity contribution >= 4 is 41.1 Å². The monoisotopic (exact) mass is 407 g/mol. The minimum absolute atomic E-state index is 0.0690. The number of hydrogen-bond acceptors (Lipinski definition) is 5. The normalized spacial score (nSPS) is 17.7. The van der Waals surface area contributed by atoms with Crippen molar-refractivity contribution in [2.24, 2.45) is 0 Å². The molecule has 1 aliphatic heterocycles. The molecule has 1 heterocycles. The molecule has 150 valence electrons. The zero-order chi connectivity index (χ0) is 20.3. The molecule has 2 fully saturated rings. The van der Waals surface area contributed by atoms with Gasteiger partial charge in [-0.15, -0.1) is 0 Å². The zero-order valence-corrected chi connectivity index (χ0v) is 16.3. The number of rotatable bonds is 6. The first-order valence-corrected chi connectivity index (χ1v) is 9.54. The predicted octanol–water partition coefficient (Wildman–Crippen LogP) is 2.38. The van der Waals surface area contributed by atoms with Gasteiger partial charge >= 0.3 is 12.0 Å². The molecule has 1 saturated heterocycles. The van der Waals surface area contributed by atoms with Crippen LogP contribution in [-0.4, -0.2) is 47.4 Å². The van der Waals surface area contributed by atoms with E-state index in [4.69, 9.17) is 16.3 Å². The van der Waals surface area contributed by atoms with Crippen molar-refractivity contribution < 1.29 is 23.9 Å². The van der Waals surface area contributed by atoms with Crippen LogP contribution in [0.15, 0.2) is 18.2 Å². The van der Waals surface area contributed by atoms with Crippen LogP contribution in [0.3, 0.4) is 0 Å². The molecule has 0 aromatic heterocycles. The lowest BCUT2D eigenvalue weighted by atomic mass is 9.98. The van der Waals surface area contributed by atoms with Gasteiger partial charge in [-0.3, -0.25) is 19.3 Å². The third-order valence-corrected chi connectivity index (χ3v) is 5.47. The lowest BCUT2D eigenvalue weighted by Gasteiger charge is -2.19. The molecule has 9 heteroatoms. The highest BCUT2D eigenvalue weighted by molar-refractivity contribution is 6.31. The van der Waals surface area contributed by atoms with Gasteiger partial charge in [0.05, 0.1) is 6.42 Å². The van der Waals surface area contributed by atoms with Crippen LogP contribution in [0.25, 0.3) is 0 Å². The number of esters is 1. The Balaban J connectivity index is 1.43. The molecule has 0 radical (unpaired) electrons. The summed E-state index contributed by atoms with van der Waals surface area (Å²) in [5.41, 5.74) is 0.583. The van der Waals surface area contributed by atoms with E-state index in [-0.39, 0.29) is 18.9 Å². The van der Waals surface area contributed by atoms with Gasteiger partial charge in [0.2, 0.25) is 0 Å². The fraction of sp³-hybridized carbons (Fsp3) is 0.474. The Bertz CT molecular complexity index is 820. The van der Waals surface area contributed by atoms with Gasteiger partial charge in [0.15, 0.2) is 6.61 Å². The number of amides is 4. The molecule has 0 unspecified atom stereocenters. The minimum Gasteiger partial charge on any atom is -0.456 e. The summed E-state index contributed by atoms with van der Waals surface area (Å²) < 4.78 is 4.92. The average molecular weight is 408 g/mol. The second kappa shape index (κ2) is 8.18. The SMILES string of the molecule is Cc1ccc(NC(=O)COC(=O)CCN2C(=O)NC3(CCCC3)C2=O)cc1Cl. The Labute approximate surface area is 167 Å². The highest BCUT2D eigenvalue weighted by atomic mass is 35.5. The molecular formula is C19H22ClN3O5. The molecule has 1 aromatic carbocycles. The van der Waals surface area contributed by atoms with Crippen molar-refractivity contribution in [2.75, 3.05) is 18.5 Å². The molecule has 1 spiro atoms. The fourth-order valence-corrected chi connectivity index (χ4v) is 3.67. The van der Waals surface area contributed by atoms with Gasteiger partial charge in [-0.2, -0.15) is 0 Å². The number of carbonyl (C=O) groups is 4. The van der Waals surface area contributed by atoms with Crippen molar-refractivity contribution in [3.8, 4) is 0 Å². The van der Waals surface area contributed by atoms with Crippen LogP contribution in [0, 0.1) is 6.92 Å². The smallest absolute Gasteiger partial charge is 0.325 e. The lowest BCUT2D eigenvalue weighted by molar-refractivity contribution is -0.147. The number of anilines is 1. The van der Waals surface area contributed by atoms with Gasteiger partial charge in [-0.05, 0) is 37.5 Å². The van der Waals surface area contributed by atoms with E-state index in [9.17, 15) is 19.2 Å². The van der Waals surface area contributed by atoms with E-state index in [1.165, 1.54) is 0 Å². The summed E-state index contributed by atoms with van der Waals surface area (Å²) in [6.07, 6.45) is 2.87. The summed E-state index contributed by atoms with van der Waals surface area (Å²) in [4.78, 5) is 49.4. The van der Waals surface area contributed by atoms with E-state index in [0.29, 0.717) is 23.6 Å². The van der Waals surface area contributed by atoms with Crippen molar-refractivity contribution in [1.82, 2.24) is 10.2 Å². The van der Waals surface area contributed by atoms with Gasteiger partial charge in [0.25, 0.3) is 11.8 Å². The van der Waals surface area contributed by atoms with Crippen molar-refractivity contribution in [3.63, 3.8) is 0 Å². The van der Waals surface area contributed by atoms with Gasteiger partial charge in [0, 0.05) is 17.3 Å². The topological polar surface area (TPSA) is 105 Å². The minimum atomic E-state index is -0.795. The number of carbonyl (C=O) groups excluding carboxylic acids is 4. The number of aryl methyl sites for hydroxylation is 1. The Kier molecular flexibility index (Phi) is 5.88. The number of halogens is 1. The van der Waals surface area contributed by atoms with Crippen LogP contribution < -0.4 is 10.6 Å². The first kappa shape index (κ1) is 20.1. The number of ether oxygens (including phenoxy) is 1. The Hall–Kier alpha value is -2.61. The quantitative estimate of drug-likeness (QED) is 0.556. The second-order valence-electron chi connectivity index (χ2n) is 7.10. The number of nitrogens with zero attached hydrogens (tertiary/aromatic N) is 1. The Morgan fingerprint density at radius 2 is 2.00 bits per heavy atom. The van der Waals surface area contributed by atoms with Gasteiger partial charge in [-0.25, -0.2) is 4.79 Å². The van der Waals surface area contributed by atoms with E-state index in [0.717, 1.165) is 23.3 Å². The summed E-state index contributed by atoms with van der Waals surface area (Å²) in [7, 11) is 0. The van der Waals surface area contributed by atoms with Gasteiger partial charge < -0.3 is 15.4 Å². The predicted molar refractivity (Wildman–Crippen MR) is 102 cm³/mol. The number of urea groups is 1. The Morgan fingerprint density at radius 1 is 1.29 bits per heavy atom. The first-order valence-electron chi connectivity index (χ1n) is 9.16. The molecule has 28 heavy (non-hydrogen) atoms. The number of nitrogens with one attached hydrogen (secondary N) is 2. The summed E-state index contributed by atoms with van der Waals surface area (Å²) >= 11 is 6.00. The summed E-state index contributed by atoms with van der Waals surface area (Å²) in [6.45, 7) is 1.31. The van der Waals surface area contributed by atoms with Crippen molar-refractivity contribution in [3.05, 3.63) is 28.8 Å². The maximum atomic E-state index is 12.5. The summed E-state index contributed by atoms with van der Waals surface area (Å²) in [6, 6.07) is 4.58. The molecular weight excluding hydrogens is 386 g/mol. The lowest BCUT2D eigenvalue weighted by Crippen LogP contribution is -2.44. The standard InChI is InChI=1S/C19H22ClN3O5/c1-12-4-5-13(10-14(12)20)21-15(24)11-28-16(25)6-9-23-17(26)19(22-18(23)27)7-2-3-8-19/h4-5,10H,2-3,6-9,11H2,1H3,(H,21,24)(H,22,27). The molecule has 1 aromatic rings. The zero-order valence-electron chi connectivity index (χ0n) is 15.5. The molecule has 3 rings (SSSR count). The van der Waals surface area contributed by atoms with Crippen molar-refractivity contribution in [2.45, 2.75) is 44.6 Å². The van der Waals surface area contributed by atoms with E-state index < -0.39 is 30.1 Å². The molecule has 8 nitrogen and oxygen atoms in total. The van der Waals surface area contributed by atoms with Crippen LogP contribution in [0.4, 0.5) is 10.5 Å². The summed E-state index contributed by atoms with van der Waals surface area (Å²) in [5, 5.41) is 5.85. The molecule has 1 aliphatic carbocycles. The second-order valence-corrected chi connectivity index (χ2v) is 7.51. The van der Waals surface area contributed by atoms with E-state index >= 15 is 0 Å². The van der Waals surface area contributed by atoms with Crippen LogP contribution in [0.5, 0.6) is 0 Å². The third kappa shape index (κ3) is 4.27. The molecule has 2 N–H and O–H groups in total. The number of benzene rings is 1. The van der Waals surface area contributed by atoms with E-state index in [1.54, 1.807) is 18.2 Å².